The third-order valence-electron chi connectivity index (χ3n) is 6.15. The van der Waals surface area contributed by atoms with Gasteiger partial charge in [0.2, 0.25) is 0 Å². The first-order valence-corrected chi connectivity index (χ1v) is 16.6. The summed E-state index contributed by atoms with van der Waals surface area (Å²) in [4.78, 5) is 8.23. The fourth-order valence-corrected chi connectivity index (χ4v) is 6.97. The summed E-state index contributed by atoms with van der Waals surface area (Å²) in [6.07, 6.45) is 4.10. The molecule has 0 fully saturated rings. The standard InChI is InChI=1S/2C13H21NO6Si.Co/c2*1-18-21(19-2,20-3)8-4-7-14-9-10-5-6-11(15)13(17)12(10)16;/h2*5-6,9,15-17H,4,7-8H2,1-3H3;/q;;+2/p-2. The molecule has 243 valence electrons. The van der Waals surface area contributed by atoms with Gasteiger partial charge in [-0.25, -0.2) is 0 Å². The molecule has 2 rings (SSSR count). The van der Waals surface area contributed by atoms with E-state index in [4.69, 9.17) is 26.6 Å². The topological polar surface area (TPSA) is 207 Å². The van der Waals surface area contributed by atoms with Gasteiger partial charge in [0.1, 0.15) is 11.5 Å². The summed E-state index contributed by atoms with van der Waals surface area (Å²) in [6, 6.07) is 6.52. The minimum atomic E-state index is -2.58. The smallest absolute Gasteiger partial charge is 0.869 e. The molecule has 0 saturated heterocycles. The maximum Gasteiger partial charge on any atom is 2.00 e. The van der Waals surface area contributed by atoms with Gasteiger partial charge >= 0.3 is 34.4 Å². The molecule has 43 heavy (non-hydrogen) atoms. The Hall–Kier alpha value is -2.72. The van der Waals surface area contributed by atoms with Crippen LogP contribution in [0.3, 0.4) is 0 Å². The van der Waals surface area contributed by atoms with Crippen LogP contribution in [0, 0.1) is 0 Å². The summed E-state index contributed by atoms with van der Waals surface area (Å²) in [7, 11) is 4.12. The van der Waals surface area contributed by atoms with Crippen LogP contribution in [-0.4, -0.2) is 106 Å². The van der Waals surface area contributed by atoms with Gasteiger partial charge in [-0.1, -0.05) is 23.6 Å². The Balaban J connectivity index is 0.000000802. The van der Waals surface area contributed by atoms with Gasteiger partial charge in [0.25, 0.3) is 0 Å². The van der Waals surface area contributed by atoms with Crippen LogP contribution in [0.5, 0.6) is 34.5 Å². The molecule has 0 spiro atoms. The predicted octanol–water partition coefficient (Wildman–Crippen LogP) is 1.71. The number of phenolic OH excluding ortho intramolecular Hbond substituents is 4. The molecule has 0 aromatic heterocycles. The molecule has 1 radical (unpaired) electrons. The van der Waals surface area contributed by atoms with E-state index in [0.29, 0.717) is 38.0 Å². The third kappa shape index (κ3) is 12.1. The van der Waals surface area contributed by atoms with E-state index in [1.54, 1.807) is 42.7 Å². The molecule has 0 bridgehead atoms. The maximum absolute atomic E-state index is 11.6. The molecule has 14 nitrogen and oxygen atoms in total. The number of aliphatic imine (C=N–C) groups is 2. The van der Waals surface area contributed by atoms with Crippen molar-refractivity contribution in [1.29, 1.82) is 0 Å². The van der Waals surface area contributed by atoms with Gasteiger partial charge in [-0.05, 0) is 36.1 Å². The molecule has 0 aliphatic rings. The monoisotopic (exact) mass is 687 g/mol. The SMILES string of the molecule is CO[Si](CCCN=Cc1ccc(O)c(O)c1[O-])(OC)OC.CO[Si](CCCN=Cc1ccc(O)c(O)c1[O-])(OC)OC.[Co+2]. The van der Waals surface area contributed by atoms with Gasteiger partial charge in [-0.15, -0.1) is 0 Å². The number of hydrogen-bond donors (Lipinski definition) is 4. The molecule has 2 aromatic rings. The summed E-state index contributed by atoms with van der Waals surface area (Å²) in [5.41, 5.74) is 0.443. The van der Waals surface area contributed by atoms with E-state index in [9.17, 15) is 30.6 Å². The quantitative estimate of drug-likeness (QED) is 0.0861. The second kappa shape index (κ2) is 20.3. The van der Waals surface area contributed by atoms with E-state index < -0.39 is 52.1 Å². The predicted molar refractivity (Wildman–Crippen MR) is 156 cm³/mol. The van der Waals surface area contributed by atoms with Crippen LogP contribution in [0.15, 0.2) is 34.3 Å². The molecule has 0 unspecified atom stereocenters. The van der Waals surface area contributed by atoms with Crippen LogP contribution in [0.4, 0.5) is 0 Å². The van der Waals surface area contributed by atoms with Crippen molar-refractivity contribution in [3.63, 3.8) is 0 Å². The van der Waals surface area contributed by atoms with E-state index in [1.807, 2.05) is 0 Å². The van der Waals surface area contributed by atoms with E-state index in [2.05, 4.69) is 9.98 Å². The Morgan fingerprint density at radius 1 is 0.605 bits per heavy atom. The van der Waals surface area contributed by atoms with Crippen molar-refractivity contribution in [3.8, 4) is 34.5 Å². The van der Waals surface area contributed by atoms with E-state index in [-0.39, 0.29) is 27.9 Å². The first-order valence-electron chi connectivity index (χ1n) is 12.7. The van der Waals surface area contributed by atoms with Crippen LogP contribution in [0.2, 0.25) is 12.1 Å². The van der Waals surface area contributed by atoms with E-state index in [1.165, 1.54) is 36.7 Å². The summed E-state index contributed by atoms with van der Waals surface area (Å²) < 4.78 is 31.7. The van der Waals surface area contributed by atoms with Crippen molar-refractivity contribution in [3.05, 3.63) is 35.4 Å². The van der Waals surface area contributed by atoms with Crippen LogP contribution in [-0.2, 0) is 43.3 Å². The normalized spacial score (nSPS) is 11.9. The number of rotatable bonds is 16. The van der Waals surface area contributed by atoms with Gasteiger partial charge in [-0.2, -0.15) is 0 Å². The van der Waals surface area contributed by atoms with Crippen molar-refractivity contribution in [1.82, 2.24) is 0 Å². The van der Waals surface area contributed by atoms with Gasteiger partial charge in [0, 0.05) is 80.3 Å². The zero-order chi connectivity index (χ0) is 31.8. The van der Waals surface area contributed by atoms with Gasteiger partial charge in [0.05, 0.1) is 0 Å². The van der Waals surface area contributed by atoms with Crippen molar-refractivity contribution >= 4 is 30.0 Å². The molecule has 0 amide bonds. The average Bonchev–Trinajstić information content (AvgIpc) is 3.01. The summed E-state index contributed by atoms with van der Waals surface area (Å²) >= 11 is 0. The van der Waals surface area contributed by atoms with E-state index >= 15 is 0 Å². The van der Waals surface area contributed by atoms with Crippen LogP contribution in [0.1, 0.15) is 24.0 Å². The van der Waals surface area contributed by atoms with Crippen molar-refractivity contribution in [2.24, 2.45) is 9.98 Å². The van der Waals surface area contributed by atoms with Crippen LogP contribution < -0.4 is 10.2 Å². The molecular weight excluding hydrogens is 647 g/mol. The van der Waals surface area contributed by atoms with Gasteiger partial charge in [0.15, 0.2) is 11.5 Å². The maximum atomic E-state index is 11.6. The molecule has 17 heteroatoms. The number of benzene rings is 2. The summed E-state index contributed by atoms with van der Waals surface area (Å²) in [6.45, 7) is 0.928. The zero-order valence-corrected chi connectivity index (χ0v) is 28.0. The first-order chi connectivity index (χ1) is 20.0. The summed E-state index contributed by atoms with van der Waals surface area (Å²) in [5, 5.41) is 60.2. The second-order valence-electron chi connectivity index (χ2n) is 8.57. The molecule has 0 heterocycles. The number of hydrogen-bond acceptors (Lipinski definition) is 14. The Bertz CT molecular complexity index is 1060. The van der Waals surface area contributed by atoms with Crippen LogP contribution in [0.25, 0.3) is 0 Å². The Labute approximate surface area is 264 Å². The van der Waals surface area contributed by atoms with Gasteiger partial charge < -0.3 is 57.2 Å². The molecule has 4 N–H and O–H groups in total. The molecule has 0 saturated carbocycles. The number of phenols is 4. The van der Waals surface area contributed by atoms with Gasteiger partial charge in [-0.3, -0.25) is 9.98 Å². The Morgan fingerprint density at radius 3 is 1.19 bits per heavy atom. The summed E-state index contributed by atoms with van der Waals surface area (Å²) in [5.74, 6) is -3.49. The van der Waals surface area contributed by atoms with Crippen molar-refractivity contribution < 1.29 is 74.0 Å². The minimum Gasteiger partial charge on any atom is -0.869 e. The zero-order valence-electron chi connectivity index (χ0n) is 25.0. The number of nitrogens with zero attached hydrogens (tertiary/aromatic N) is 2. The number of aromatic hydroxyl groups is 4. The Morgan fingerprint density at radius 2 is 0.907 bits per heavy atom. The largest absolute Gasteiger partial charge is 2.00 e. The minimum absolute atomic E-state index is 0. The fourth-order valence-electron chi connectivity index (χ4n) is 3.57. The van der Waals surface area contributed by atoms with Crippen molar-refractivity contribution in [2.75, 3.05) is 55.7 Å². The average molecular weight is 688 g/mol. The van der Waals surface area contributed by atoms with Crippen molar-refractivity contribution in [2.45, 2.75) is 24.9 Å². The Kier molecular flexibility index (Phi) is 19.0. The fraction of sp³-hybridized carbons (Fsp3) is 0.462. The first kappa shape index (κ1) is 40.3. The molecule has 0 aliphatic carbocycles. The molecule has 2 aromatic carbocycles. The van der Waals surface area contributed by atoms with E-state index in [0.717, 1.165) is 0 Å². The molecule has 0 aliphatic heterocycles. The third-order valence-corrected chi connectivity index (χ3v) is 11.8. The molecule has 0 atom stereocenters. The molecular formula is C26H40CoN2O12Si2. The van der Waals surface area contributed by atoms with Crippen LogP contribution >= 0.6 is 0 Å². The second-order valence-corrected chi connectivity index (χ2v) is 14.8.